The molecule has 2 N–H and O–H groups in total. The van der Waals surface area contributed by atoms with Crippen molar-refractivity contribution in [2.24, 2.45) is 5.92 Å². The van der Waals surface area contributed by atoms with Crippen LogP contribution in [0.2, 0.25) is 0 Å². The molecular formula is C19H18N4O4. The fourth-order valence-electron chi connectivity index (χ4n) is 3.13. The summed E-state index contributed by atoms with van der Waals surface area (Å²) in [6.07, 6.45) is 2.61. The summed E-state index contributed by atoms with van der Waals surface area (Å²) >= 11 is 0. The number of benzene rings is 1. The van der Waals surface area contributed by atoms with Crippen LogP contribution in [0.25, 0.3) is 22.7 Å². The molecule has 0 aliphatic carbocycles. The van der Waals surface area contributed by atoms with E-state index in [0.29, 0.717) is 54.3 Å². The van der Waals surface area contributed by atoms with E-state index in [1.54, 1.807) is 29.3 Å². The van der Waals surface area contributed by atoms with Gasteiger partial charge >= 0.3 is 12.0 Å². The van der Waals surface area contributed by atoms with Gasteiger partial charge in [0.05, 0.1) is 5.92 Å². The number of fused-ring (bicyclic) bond motifs is 1. The molecule has 2 amide bonds. The van der Waals surface area contributed by atoms with Gasteiger partial charge in [-0.25, -0.2) is 9.78 Å². The summed E-state index contributed by atoms with van der Waals surface area (Å²) in [6, 6.07) is 10.5. The molecule has 3 heterocycles. The average molecular weight is 366 g/mol. The molecule has 0 atom stereocenters. The van der Waals surface area contributed by atoms with E-state index in [-0.39, 0.29) is 11.9 Å². The summed E-state index contributed by atoms with van der Waals surface area (Å²) in [5.74, 6) is -0.746. The Hall–Kier alpha value is -3.42. The highest BCUT2D eigenvalue weighted by molar-refractivity contribution is 5.92. The highest BCUT2D eigenvalue weighted by atomic mass is 16.4. The molecule has 1 fully saturated rings. The summed E-state index contributed by atoms with van der Waals surface area (Å²) in [5, 5.41) is 11.9. The van der Waals surface area contributed by atoms with Gasteiger partial charge in [-0.15, -0.1) is 0 Å². The molecule has 0 unspecified atom stereocenters. The van der Waals surface area contributed by atoms with Gasteiger partial charge in [0.15, 0.2) is 5.58 Å². The number of piperidine rings is 1. The van der Waals surface area contributed by atoms with Crippen molar-refractivity contribution >= 4 is 28.8 Å². The van der Waals surface area contributed by atoms with Crippen LogP contribution in [0.4, 0.5) is 10.5 Å². The average Bonchev–Trinajstić information content (AvgIpc) is 3.12. The standard InChI is InChI=1S/C19H18N4O4/c24-18(25)12-6-9-23(10-7-12)19(26)21-13-4-5-14-16(11-13)27-17(22-14)15-3-1-2-8-20-15/h1-5,8,11-12H,6-7,9-10H2,(H,21,26)(H,24,25). The number of carboxylic acids is 1. The van der Waals surface area contributed by atoms with Gasteiger partial charge in [0.1, 0.15) is 11.2 Å². The fraction of sp³-hybridized carbons (Fsp3) is 0.263. The van der Waals surface area contributed by atoms with Crippen molar-refractivity contribution in [1.29, 1.82) is 0 Å². The topological polar surface area (TPSA) is 109 Å². The third-order valence-electron chi connectivity index (χ3n) is 4.66. The monoisotopic (exact) mass is 366 g/mol. The first-order valence-electron chi connectivity index (χ1n) is 8.71. The van der Waals surface area contributed by atoms with E-state index in [1.807, 2.05) is 18.2 Å². The number of hydrogen-bond donors (Lipinski definition) is 2. The predicted molar refractivity (Wildman–Crippen MR) is 98.2 cm³/mol. The minimum atomic E-state index is -0.797. The third kappa shape index (κ3) is 3.59. The van der Waals surface area contributed by atoms with E-state index in [2.05, 4.69) is 15.3 Å². The normalized spacial score (nSPS) is 15.0. The smallest absolute Gasteiger partial charge is 0.321 e. The number of nitrogens with zero attached hydrogens (tertiary/aromatic N) is 3. The van der Waals surface area contributed by atoms with Crippen LogP contribution in [0.15, 0.2) is 47.0 Å². The predicted octanol–water partition coefficient (Wildman–Crippen LogP) is 3.22. The number of aliphatic carboxylic acids is 1. The quantitative estimate of drug-likeness (QED) is 0.737. The Bertz CT molecular complexity index is 978. The summed E-state index contributed by atoms with van der Waals surface area (Å²) in [4.78, 5) is 33.7. The second-order valence-corrected chi connectivity index (χ2v) is 6.45. The van der Waals surface area contributed by atoms with E-state index in [0.717, 1.165) is 0 Å². The molecule has 1 aliphatic heterocycles. The summed E-state index contributed by atoms with van der Waals surface area (Å²) in [6.45, 7) is 0.856. The van der Waals surface area contributed by atoms with Gasteiger partial charge in [-0.2, -0.15) is 0 Å². The number of hydrogen-bond acceptors (Lipinski definition) is 5. The number of urea groups is 1. The van der Waals surface area contributed by atoms with E-state index >= 15 is 0 Å². The Kier molecular flexibility index (Phi) is 4.45. The van der Waals surface area contributed by atoms with Gasteiger partial charge in [-0.05, 0) is 37.1 Å². The minimum Gasteiger partial charge on any atom is -0.481 e. The largest absolute Gasteiger partial charge is 0.481 e. The number of nitrogens with one attached hydrogen (secondary N) is 1. The van der Waals surface area contributed by atoms with E-state index < -0.39 is 5.97 Å². The SMILES string of the molecule is O=C(O)C1CCN(C(=O)Nc2ccc3nc(-c4ccccn4)oc3c2)CC1. The van der Waals surface area contributed by atoms with Crippen LogP contribution in [-0.2, 0) is 4.79 Å². The Labute approximate surface area is 154 Å². The van der Waals surface area contributed by atoms with Crippen molar-refractivity contribution in [1.82, 2.24) is 14.9 Å². The molecule has 8 heteroatoms. The summed E-state index contributed by atoms with van der Waals surface area (Å²) in [5.41, 5.74) is 2.46. The number of likely N-dealkylation sites (tertiary alicyclic amines) is 1. The lowest BCUT2D eigenvalue weighted by Crippen LogP contribution is -2.42. The Morgan fingerprint density at radius 1 is 1.19 bits per heavy atom. The molecule has 0 radical (unpaired) electrons. The first kappa shape index (κ1) is 17.0. The van der Waals surface area contributed by atoms with Crippen LogP contribution in [-0.4, -0.2) is 45.1 Å². The number of pyridine rings is 1. The lowest BCUT2D eigenvalue weighted by atomic mass is 9.97. The van der Waals surface area contributed by atoms with Crippen LogP contribution in [0.1, 0.15) is 12.8 Å². The minimum absolute atomic E-state index is 0.248. The zero-order valence-corrected chi connectivity index (χ0v) is 14.5. The second-order valence-electron chi connectivity index (χ2n) is 6.45. The van der Waals surface area contributed by atoms with Crippen LogP contribution in [0.5, 0.6) is 0 Å². The molecule has 8 nitrogen and oxygen atoms in total. The highest BCUT2D eigenvalue weighted by Gasteiger charge is 2.27. The molecular weight excluding hydrogens is 348 g/mol. The first-order chi connectivity index (χ1) is 13.1. The maximum atomic E-state index is 12.4. The van der Waals surface area contributed by atoms with Crippen molar-refractivity contribution in [3.8, 4) is 11.6 Å². The molecule has 1 aromatic carbocycles. The zero-order chi connectivity index (χ0) is 18.8. The third-order valence-corrected chi connectivity index (χ3v) is 4.66. The van der Waals surface area contributed by atoms with Gasteiger partial charge in [0, 0.05) is 31.0 Å². The number of anilines is 1. The van der Waals surface area contributed by atoms with Gasteiger partial charge in [-0.1, -0.05) is 6.07 Å². The number of amides is 2. The summed E-state index contributed by atoms with van der Waals surface area (Å²) < 4.78 is 5.76. The van der Waals surface area contributed by atoms with Crippen LogP contribution in [0, 0.1) is 5.92 Å². The Morgan fingerprint density at radius 2 is 2.00 bits per heavy atom. The number of rotatable bonds is 3. The lowest BCUT2D eigenvalue weighted by Gasteiger charge is -2.30. The first-order valence-corrected chi connectivity index (χ1v) is 8.71. The second kappa shape index (κ2) is 7.06. The molecule has 0 bridgehead atoms. The van der Waals surface area contributed by atoms with Crippen LogP contribution >= 0.6 is 0 Å². The van der Waals surface area contributed by atoms with E-state index in [9.17, 15) is 9.59 Å². The molecule has 0 spiro atoms. The Balaban J connectivity index is 1.46. The van der Waals surface area contributed by atoms with Gasteiger partial charge in [0.25, 0.3) is 0 Å². The van der Waals surface area contributed by atoms with Gasteiger partial charge in [-0.3, -0.25) is 9.78 Å². The molecule has 0 saturated carbocycles. The molecule has 138 valence electrons. The van der Waals surface area contributed by atoms with Crippen molar-refractivity contribution < 1.29 is 19.1 Å². The maximum absolute atomic E-state index is 12.4. The number of oxazole rings is 1. The van der Waals surface area contributed by atoms with Crippen molar-refractivity contribution in [3.05, 3.63) is 42.6 Å². The highest BCUT2D eigenvalue weighted by Crippen LogP contribution is 2.25. The lowest BCUT2D eigenvalue weighted by molar-refractivity contribution is -0.143. The molecule has 2 aromatic heterocycles. The number of aromatic nitrogens is 2. The molecule has 4 rings (SSSR count). The number of carboxylic acid groups (broad SMARTS) is 1. The number of carbonyl (C=O) groups excluding carboxylic acids is 1. The molecule has 3 aromatic rings. The van der Waals surface area contributed by atoms with Crippen LogP contribution < -0.4 is 5.32 Å². The van der Waals surface area contributed by atoms with E-state index in [4.69, 9.17) is 9.52 Å². The van der Waals surface area contributed by atoms with Crippen molar-refractivity contribution in [2.45, 2.75) is 12.8 Å². The van der Waals surface area contributed by atoms with Crippen LogP contribution in [0.3, 0.4) is 0 Å². The van der Waals surface area contributed by atoms with Gasteiger partial charge in [0.2, 0.25) is 5.89 Å². The number of carbonyl (C=O) groups is 2. The molecule has 1 saturated heterocycles. The fourth-order valence-corrected chi connectivity index (χ4v) is 3.13. The van der Waals surface area contributed by atoms with Crippen molar-refractivity contribution in [2.75, 3.05) is 18.4 Å². The molecule has 1 aliphatic rings. The molecule has 27 heavy (non-hydrogen) atoms. The Morgan fingerprint density at radius 3 is 2.70 bits per heavy atom. The maximum Gasteiger partial charge on any atom is 0.321 e. The van der Waals surface area contributed by atoms with Gasteiger partial charge < -0.3 is 19.7 Å². The van der Waals surface area contributed by atoms with E-state index in [1.165, 1.54) is 0 Å². The summed E-state index contributed by atoms with van der Waals surface area (Å²) in [7, 11) is 0. The van der Waals surface area contributed by atoms with Crippen molar-refractivity contribution in [3.63, 3.8) is 0 Å². The zero-order valence-electron chi connectivity index (χ0n) is 14.5.